The van der Waals surface area contributed by atoms with Gasteiger partial charge in [-0.25, -0.2) is 14.4 Å². The Morgan fingerprint density at radius 2 is 1.96 bits per heavy atom. The highest BCUT2D eigenvalue weighted by Crippen LogP contribution is 2.38. The van der Waals surface area contributed by atoms with Crippen LogP contribution in [0.3, 0.4) is 0 Å². The molecule has 0 bridgehead atoms. The summed E-state index contributed by atoms with van der Waals surface area (Å²) in [6, 6.07) is 5.20. The predicted octanol–water partition coefficient (Wildman–Crippen LogP) is 1.67. The molecule has 0 radical (unpaired) electrons. The number of benzene rings is 1. The van der Waals surface area contributed by atoms with Crippen molar-refractivity contribution in [2.75, 3.05) is 47.9 Å². The molecule has 0 spiro atoms. The number of likely N-dealkylation sites (N-methyl/N-ethyl adjacent to an activating group) is 1. The predicted molar refractivity (Wildman–Crippen MR) is 91.7 cm³/mol. The number of anilines is 3. The van der Waals surface area contributed by atoms with E-state index in [1.807, 2.05) is 22.9 Å². The van der Waals surface area contributed by atoms with Gasteiger partial charge >= 0.3 is 0 Å². The van der Waals surface area contributed by atoms with Gasteiger partial charge in [-0.15, -0.1) is 0 Å². The third-order valence-corrected chi connectivity index (χ3v) is 4.75. The topological polar surface area (TPSA) is 78.6 Å². The van der Waals surface area contributed by atoms with Crippen LogP contribution in [-0.4, -0.2) is 54.2 Å². The Morgan fingerprint density at radius 3 is 2.68 bits per heavy atom. The fourth-order valence-corrected chi connectivity index (χ4v) is 3.57. The molecule has 2 aromatic rings. The van der Waals surface area contributed by atoms with Crippen molar-refractivity contribution >= 4 is 23.0 Å². The van der Waals surface area contributed by atoms with Gasteiger partial charge in [-0.2, -0.15) is 0 Å². The zero-order chi connectivity index (χ0) is 17.6. The van der Waals surface area contributed by atoms with Crippen LogP contribution in [0.15, 0.2) is 30.6 Å². The van der Waals surface area contributed by atoms with Crippen LogP contribution in [-0.2, 0) is 0 Å². The van der Waals surface area contributed by atoms with Crippen molar-refractivity contribution in [2.24, 2.45) is 0 Å². The van der Waals surface area contributed by atoms with E-state index in [0.29, 0.717) is 19.0 Å². The third-order valence-electron chi connectivity index (χ3n) is 4.75. The number of piperazine rings is 1. The van der Waals surface area contributed by atoms with Crippen LogP contribution >= 0.6 is 0 Å². The van der Waals surface area contributed by atoms with Crippen molar-refractivity contribution < 1.29 is 9.31 Å². The van der Waals surface area contributed by atoms with E-state index in [1.54, 1.807) is 12.1 Å². The molecule has 1 unspecified atom stereocenters. The molecule has 8 nitrogen and oxygen atoms in total. The molecule has 2 aliphatic rings. The summed E-state index contributed by atoms with van der Waals surface area (Å²) in [6.07, 6.45) is 2.35. The van der Waals surface area contributed by atoms with Crippen molar-refractivity contribution in [3.8, 4) is 0 Å². The van der Waals surface area contributed by atoms with Crippen molar-refractivity contribution in [3.05, 3.63) is 46.5 Å². The standard InChI is InChI=1S/C16H17FN6O2/c1-20-9-13-10-21(16-18-7-11(17)8-19-16)4-5-22(13)14-3-2-12(23(24)25)6-15(14)20/h2-3,6-8,13H,4-5,9-10H2,1H3. The first-order valence-corrected chi connectivity index (χ1v) is 8.01. The van der Waals surface area contributed by atoms with E-state index in [9.17, 15) is 14.5 Å². The largest absolute Gasteiger partial charge is 0.371 e. The number of aromatic nitrogens is 2. The minimum Gasteiger partial charge on any atom is -0.371 e. The van der Waals surface area contributed by atoms with Crippen molar-refractivity contribution in [1.29, 1.82) is 0 Å². The van der Waals surface area contributed by atoms with Crippen LogP contribution in [0, 0.1) is 15.9 Å². The smallest absolute Gasteiger partial charge is 0.271 e. The van der Waals surface area contributed by atoms with Crippen LogP contribution in [0.25, 0.3) is 0 Å². The Labute approximate surface area is 143 Å². The van der Waals surface area contributed by atoms with Crippen molar-refractivity contribution in [2.45, 2.75) is 6.04 Å². The number of hydrogen-bond acceptors (Lipinski definition) is 7. The van der Waals surface area contributed by atoms with Gasteiger partial charge < -0.3 is 14.7 Å². The Bertz CT molecular complexity index is 815. The zero-order valence-electron chi connectivity index (χ0n) is 13.7. The number of nitro benzene ring substituents is 1. The van der Waals surface area contributed by atoms with E-state index in [-0.39, 0.29) is 16.7 Å². The lowest BCUT2D eigenvalue weighted by Crippen LogP contribution is -2.59. The van der Waals surface area contributed by atoms with Gasteiger partial charge in [0.05, 0.1) is 34.7 Å². The molecular formula is C16H17FN6O2. The van der Waals surface area contributed by atoms with E-state index in [2.05, 4.69) is 14.9 Å². The molecule has 3 heterocycles. The summed E-state index contributed by atoms with van der Waals surface area (Å²) in [5.41, 5.74) is 1.98. The van der Waals surface area contributed by atoms with Gasteiger partial charge in [0, 0.05) is 45.4 Å². The molecule has 1 fully saturated rings. The Balaban J connectivity index is 1.60. The maximum Gasteiger partial charge on any atom is 0.271 e. The molecule has 130 valence electrons. The normalized spacial score (nSPS) is 19.4. The number of halogens is 1. The van der Waals surface area contributed by atoms with Gasteiger partial charge in [0.25, 0.3) is 5.69 Å². The molecule has 1 atom stereocenters. The average Bonchev–Trinajstić information content (AvgIpc) is 2.61. The van der Waals surface area contributed by atoms with Gasteiger partial charge in [-0.3, -0.25) is 10.1 Å². The molecule has 0 saturated carbocycles. The Hall–Kier alpha value is -2.97. The highest BCUT2D eigenvalue weighted by atomic mass is 19.1. The number of fused-ring (bicyclic) bond motifs is 3. The van der Waals surface area contributed by atoms with Crippen LogP contribution < -0.4 is 14.7 Å². The van der Waals surface area contributed by atoms with Crippen molar-refractivity contribution in [1.82, 2.24) is 9.97 Å². The molecule has 1 aromatic carbocycles. The molecule has 0 aliphatic carbocycles. The van der Waals surface area contributed by atoms with E-state index in [4.69, 9.17) is 0 Å². The Kier molecular flexibility index (Phi) is 3.63. The average molecular weight is 344 g/mol. The molecule has 2 aliphatic heterocycles. The molecule has 0 N–H and O–H groups in total. The number of non-ortho nitro benzene ring substituents is 1. The van der Waals surface area contributed by atoms with Gasteiger partial charge in [0.1, 0.15) is 0 Å². The molecule has 0 amide bonds. The summed E-state index contributed by atoms with van der Waals surface area (Å²) in [5.74, 6) is 0.0773. The van der Waals surface area contributed by atoms with Gasteiger partial charge in [0.2, 0.25) is 5.95 Å². The second-order valence-electron chi connectivity index (χ2n) is 6.31. The molecular weight excluding hydrogens is 327 g/mol. The lowest BCUT2D eigenvalue weighted by molar-refractivity contribution is -0.384. The lowest BCUT2D eigenvalue weighted by Gasteiger charge is -2.48. The number of rotatable bonds is 2. The summed E-state index contributed by atoms with van der Waals surface area (Å²) in [5, 5.41) is 11.0. The summed E-state index contributed by atoms with van der Waals surface area (Å²) in [4.78, 5) is 25.2. The third kappa shape index (κ3) is 2.71. The van der Waals surface area contributed by atoms with Crippen LogP contribution in [0.5, 0.6) is 0 Å². The fourth-order valence-electron chi connectivity index (χ4n) is 3.57. The molecule has 1 saturated heterocycles. The maximum atomic E-state index is 13.0. The summed E-state index contributed by atoms with van der Waals surface area (Å²) < 4.78 is 13.0. The monoisotopic (exact) mass is 344 g/mol. The minimum atomic E-state index is -0.449. The first-order chi connectivity index (χ1) is 12.0. The maximum absolute atomic E-state index is 13.0. The van der Waals surface area contributed by atoms with Crippen LogP contribution in [0.2, 0.25) is 0 Å². The first-order valence-electron chi connectivity index (χ1n) is 8.01. The molecule has 25 heavy (non-hydrogen) atoms. The number of nitrogens with zero attached hydrogens (tertiary/aromatic N) is 6. The second-order valence-corrected chi connectivity index (χ2v) is 6.31. The second kappa shape index (κ2) is 5.83. The van der Waals surface area contributed by atoms with Crippen LogP contribution in [0.4, 0.5) is 27.4 Å². The summed E-state index contributed by atoms with van der Waals surface area (Å²) in [6.45, 7) is 2.92. The van der Waals surface area contributed by atoms with E-state index >= 15 is 0 Å². The zero-order valence-corrected chi connectivity index (χ0v) is 13.7. The summed E-state index contributed by atoms with van der Waals surface area (Å²) in [7, 11) is 1.94. The molecule has 4 rings (SSSR count). The van der Waals surface area contributed by atoms with E-state index < -0.39 is 5.82 Å². The highest BCUT2D eigenvalue weighted by molar-refractivity contribution is 5.77. The van der Waals surface area contributed by atoms with Gasteiger partial charge in [-0.1, -0.05) is 0 Å². The van der Waals surface area contributed by atoms with Gasteiger partial charge in [0.15, 0.2) is 5.82 Å². The van der Waals surface area contributed by atoms with E-state index in [1.165, 1.54) is 12.4 Å². The number of hydrogen-bond donors (Lipinski definition) is 0. The number of nitro groups is 1. The van der Waals surface area contributed by atoms with Crippen LogP contribution in [0.1, 0.15) is 0 Å². The molecule has 1 aromatic heterocycles. The fraction of sp³-hybridized carbons (Fsp3) is 0.375. The van der Waals surface area contributed by atoms with Gasteiger partial charge in [-0.05, 0) is 6.07 Å². The molecule has 9 heteroatoms. The highest BCUT2D eigenvalue weighted by Gasteiger charge is 2.35. The summed E-state index contributed by atoms with van der Waals surface area (Å²) >= 11 is 0. The lowest BCUT2D eigenvalue weighted by atomic mass is 10.0. The first kappa shape index (κ1) is 15.6. The minimum absolute atomic E-state index is 0.0994. The SMILES string of the molecule is CN1CC2CN(c3ncc(F)cn3)CCN2c2ccc([N+](=O)[O-])cc21. The van der Waals surface area contributed by atoms with Crippen molar-refractivity contribution in [3.63, 3.8) is 0 Å². The quantitative estimate of drug-likeness (QED) is 0.606. The Morgan fingerprint density at radius 1 is 1.20 bits per heavy atom. The van der Waals surface area contributed by atoms with E-state index in [0.717, 1.165) is 24.5 Å².